The number of carbonyl (C=O) groups is 1. The molecule has 3 heterocycles. The average Bonchev–Trinajstić information content (AvgIpc) is 3.26. The standard InChI is InChI=1S/C21H26N2O2S/c1-25-19-4-2-3-17(11-19)14-23-16-21(12-20(23)24)6-8-22(9-7-21)13-18-5-10-26-15-18/h2-5,10-11,15H,6-9,12-14,16H2,1H3. The number of ether oxygens (including phenoxy) is 1. The van der Waals surface area contributed by atoms with Gasteiger partial charge in [-0.15, -0.1) is 0 Å². The molecule has 4 rings (SSSR count). The first-order valence-electron chi connectivity index (χ1n) is 9.30. The van der Waals surface area contributed by atoms with Gasteiger partial charge in [0.1, 0.15) is 5.75 Å². The zero-order valence-corrected chi connectivity index (χ0v) is 16.1. The van der Waals surface area contributed by atoms with Crippen LogP contribution in [0.5, 0.6) is 5.75 Å². The third-order valence-electron chi connectivity index (χ3n) is 5.82. The quantitative estimate of drug-likeness (QED) is 0.803. The Labute approximate surface area is 159 Å². The molecule has 2 fully saturated rings. The van der Waals surface area contributed by atoms with Crippen molar-refractivity contribution in [1.29, 1.82) is 0 Å². The Kier molecular flexibility index (Phi) is 5.00. The lowest BCUT2D eigenvalue weighted by molar-refractivity contribution is -0.128. The molecule has 0 saturated carbocycles. The minimum absolute atomic E-state index is 0.182. The van der Waals surface area contributed by atoms with Crippen LogP contribution in [0, 0.1) is 5.41 Å². The van der Waals surface area contributed by atoms with Gasteiger partial charge in [0.25, 0.3) is 0 Å². The number of benzene rings is 1. The van der Waals surface area contributed by atoms with E-state index in [2.05, 4.69) is 27.8 Å². The van der Waals surface area contributed by atoms with Gasteiger partial charge < -0.3 is 9.64 Å². The maximum Gasteiger partial charge on any atom is 0.223 e. The lowest BCUT2D eigenvalue weighted by atomic mass is 9.77. The first-order chi connectivity index (χ1) is 12.7. The minimum atomic E-state index is 0.182. The summed E-state index contributed by atoms with van der Waals surface area (Å²) in [7, 11) is 1.68. The van der Waals surface area contributed by atoms with Crippen molar-refractivity contribution in [3.8, 4) is 5.75 Å². The van der Waals surface area contributed by atoms with Gasteiger partial charge in [0.05, 0.1) is 7.11 Å². The monoisotopic (exact) mass is 370 g/mol. The molecule has 1 aromatic carbocycles. The Morgan fingerprint density at radius 2 is 2.00 bits per heavy atom. The summed E-state index contributed by atoms with van der Waals surface area (Å²) >= 11 is 1.76. The van der Waals surface area contributed by atoms with Crippen molar-refractivity contribution >= 4 is 17.2 Å². The van der Waals surface area contributed by atoms with Crippen LogP contribution in [0.25, 0.3) is 0 Å². The topological polar surface area (TPSA) is 32.8 Å². The van der Waals surface area contributed by atoms with Crippen LogP contribution in [0.2, 0.25) is 0 Å². The van der Waals surface area contributed by atoms with E-state index in [1.165, 1.54) is 5.56 Å². The number of nitrogens with zero attached hydrogens (tertiary/aromatic N) is 2. The Morgan fingerprint density at radius 3 is 2.73 bits per heavy atom. The molecule has 0 unspecified atom stereocenters. The molecule has 4 nitrogen and oxygen atoms in total. The van der Waals surface area contributed by atoms with E-state index in [4.69, 9.17) is 4.74 Å². The SMILES string of the molecule is COc1cccc(CN2CC3(CCN(Cc4ccsc4)CC3)CC2=O)c1. The number of hydrogen-bond donors (Lipinski definition) is 0. The Morgan fingerprint density at radius 1 is 1.15 bits per heavy atom. The normalized spacial score (nSPS) is 20.0. The van der Waals surface area contributed by atoms with Gasteiger partial charge in [0, 0.05) is 26.1 Å². The summed E-state index contributed by atoms with van der Waals surface area (Å²) in [6.07, 6.45) is 2.96. The molecular formula is C21H26N2O2S. The van der Waals surface area contributed by atoms with Crippen molar-refractivity contribution < 1.29 is 9.53 Å². The lowest BCUT2D eigenvalue weighted by Gasteiger charge is -2.38. The second-order valence-electron chi connectivity index (χ2n) is 7.69. The molecule has 0 radical (unpaired) electrons. The summed E-state index contributed by atoms with van der Waals surface area (Å²) < 4.78 is 5.30. The molecule has 1 aromatic heterocycles. The van der Waals surface area contributed by atoms with Crippen LogP contribution < -0.4 is 4.74 Å². The molecule has 138 valence electrons. The van der Waals surface area contributed by atoms with Crippen LogP contribution >= 0.6 is 11.3 Å². The first kappa shape index (κ1) is 17.6. The van der Waals surface area contributed by atoms with E-state index in [1.807, 2.05) is 23.1 Å². The fraction of sp³-hybridized carbons (Fsp3) is 0.476. The number of likely N-dealkylation sites (tertiary alicyclic amines) is 2. The molecule has 2 aliphatic rings. The minimum Gasteiger partial charge on any atom is -0.497 e. The average molecular weight is 371 g/mol. The van der Waals surface area contributed by atoms with Crippen molar-refractivity contribution in [3.05, 3.63) is 52.2 Å². The first-order valence-corrected chi connectivity index (χ1v) is 10.2. The molecular weight excluding hydrogens is 344 g/mol. The van der Waals surface area contributed by atoms with Crippen molar-refractivity contribution in [2.75, 3.05) is 26.7 Å². The molecule has 5 heteroatoms. The van der Waals surface area contributed by atoms with Crippen LogP contribution in [-0.4, -0.2) is 42.5 Å². The van der Waals surface area contributed by atoms with Crippen LogP contribution in [0.3, 0.4) is 0 Å². The van der Waals surface area contributed by atoms with Gasteiger partial charge in [-0.1, -0.05) is 12.1 Å². The van der Waals surface area contributed by atoms with Crippen LogP contribution in [0.1, 0.15) is 30.4 Å². The van der Waals surface area contributed by atoms with E-state index < -0.39 is 0 Å². The third-order valence-corrected chi connectivity index (χ3v) is 6.55. The van der Waals surface area contributed by atoms with Crippen molar-refractivity contribution in [3.63, 3.8) is 0 Å². The number of amides is 1. The molecule has 1 spiro atoms. The zero-order chi connectivity index (χ0) is 18.0. The number of thiophene rings is 1. The fourth-order valence-electron chi connectivity index (χ4n) is 4.28. The fourth-order valence-corrected chi connectivity index (χ4v) is 4.94. The molecule has 2 aliphatic heterocycles. The van der Waals surface area contributed by atoms with E-state index in [-0.39, 0.29) is 5.41 Å². The van der Waals surface area contributed by atoms with Crippen molar-refractivity contribution in [2.45, 2.75) is 32.4 Å². The summed E-state index contributed by atoms with van der Waals surface area (Å²) in [4.78, 5) is 17.2. The van der Waals surface area contributed by atoms with Gasteiger partial charge in [-0.2, -0.15) is 11.3 Å². The zero-order valence-electron chi connectivity index (χ0n) is 15.3. The van der Waals surface area contributed by atoms with E-state index >= 15 is 0 Å². The molecule has 0 bridgehead atoms. The molecule has 2 aromatic rings. The van der Waals surface area contributed by atoms with Gasteiger partial charge in [0.2, 0.25) is 5.91 Å². The highest BCUT2D eigenvalue weighted by molar-refractivity contribution is 7.07. The van der Waals surface area contributed by atoms with Gasteiger partial charge in [-0.25, -0.2) is 0 Å². The summed E-state index contributed by atoms with van der Waals surface area (Å²) in [6, 6.07) is 10.3. The molecule has 26 heavy (non-hydrogen) atoms. The molecule has 2 saturated heterocycles. The highest BCUT2D eigenvalue weighted by atomic mass is 32.1. The summed E-state index contributed by atoms with van der Waals surface area (Å²) in [5.74, 6) is 1.16. The number of methoxy groups -OCH3 is 1. The van der Waals surface area contributed by atoms with Gasteiger partial charge in [0.15, 0.2) is 0 Å². The summed E-state index contributed by atoms with van der Waals surface area (Å²) in [5.41, 5.74) is 2.74. The summed E-state index contributed by atoms with van der Waals surface area (Å²) in [6.45, 7) is 4.82. The van der Waals surface area contributed by atoms with Gasteiger partial charge >= 0.3 is 0 Å². The number of carbonyl (C=O) groups excluding carboxylic acids is 1. The predicted molar refractivity (Wildman–Crippen MR) is 104 cm³/mol. The van der Waals surface area contributed by atoms with E-state index in [9.17, 15) is 4.79 Å². The molecule has 0 atom stereocenters. The highest BCUT2D eigenvalue weighted by Crippen LogP contribution is 2.41. The van der Waals surface area contributed by atoms with Crippen molar-refractivity contribution in [1.82, 2.24) is 9.80 Å². The van der Waals surface area contributed by atoms with E-state index in [1.54, 1.807) is 18.4 Å². The van der Waals surface area contributed by atoms with Gasteiger partial charge in [-0.05, 0) is 71.4 Å². The van der Waals surface area contributed by atoms with Gasteiger partial charge in [-0.3, -0.25) is 9.69 Å². The maximum absolute atomic E-state index is 12.6. The molecule has 1 amide bonds. The number of piperidine rings is 1. The second-order valence-corrected chi connectivity index (χ2v) is 8.47. The number of hydrogen-bond acceptors (Lipinski definition) is 4. The number of rotatable bonds is 5. The van der Waals surface area contributed by atoms with Crippen molar-refractivity contribution in [2.24, 2.45) is 5.41 Å². The Balaban J connectivity index is 1.35. The van der Waals surface area contributed by atoms with E-state index in [0.29, 0.717) is 18.9 Å². The Hall–Kier alpha value is -1.85. The largest absolute Gasteiger partial charge is 0.497 e. The van der Waals surface area contributed by atoms with Crippen LogP contribution in [0.15, 0.2) is 41.1 Å². The van der Waals surface area contributed by atoms with E-state index in [0.717, 1.165) is 50.3 Å². The maximum atomic E-state index is 12.6. The smallest absolute Gasteiger partial charge is 0.223 e. The second kappa shape index (κ2) is 7.41. The van der Waals surface area contributed by atoms with Crippen LogP contribution in [0.4, 0.5) is 0 Å². The van der Waals surface area contributed by atoms with Crippen LogP contribution in [-0.2, 0) is 17.9 Å². The molecule has 0 aliphatic carbocycles. The highest BCUT2D eigenvalue weighted by Gasteiger charge is 2.44. The molecule has 0 N–H and O–H groups in total. The summed E-state index contributed by atoms with van der Waals surface area (Å²) in [5, 5.41) is 4.38. The Bertz CT molecular complexity index is 751. The lowest BCUT2D eigenvalue weighted by Crippen LogP contribution is -2.41. The third kappa shape index (κ3) is 3.79. The predicted octanol–water partition coefficient (Wildman–Crippen LogP) is 3.77.